The van der Waals surface area contributed by atoms with E-state index in [2.05, 4.69) is 41.3 Å². The van der Waals surface area contributed by atoms with E-state index in [0.29, 0.717) is 26.1 Å². The Morgan fingerprint density at radius 2 is 1.50 bits per heavy atom. The third-order valence-corrected chi connectivity index (χ3v) is 2.27. The van der Waals surface area contributed by atoms with Gasteiger partial charge in [0, 0.05) is 31.5 Å². The van der Waals surface area contributed by atoms with Crippen molar-refractivity contribution in [3.8, 4) is 12.1 Å². The van der Waals surface area contributed by atoms with Crippen molar-refractivity contribution >= 4 is 0 Å². The zero-order valence-electron chi connectivity index (χ0n) is 14.3. The maximum Gasteiger partial charge on any atom is 0.0645 e. The average molecular weight is 305 g/mol. The molecule has 1 aromatic rings. The second kappa shape index (κ2) is 15.4. The second-order valence-electron chi connectivity index (χ2n) is 5.27. The molecule has 5 nitrogen and oxygen atoms in total. The number of rotatable bonds is 4. The molecule has 22 heavy (non-hydrogen) atoms. The summed E-state index contributed by atoms with van der Waals surface area (Å²) in [7, 11) is 3.16. The van der Waals surface area contributed by atoms with E-state index in [1.54, 1.807) is 14.2 Å². The lowest BCUT2D eigenvalue weighted by Gasteiger charge is -2.16. The van der Waals surface area contributed by atoms with Crippen molar-refractivity contribution in [3.63, 3.8) is 0 Å². The summed E-state index contributed by atoms with van der Waals surface area (Å²) in [6.07, 6.45) is 2.83. The lowest BCUT2D eigenvalue weighted by molar-refractivity contribution is 0.205. The first-order chi connectivity index (χ1) is 10.4. The molecule has 5 heteroatoms. The Morgan fingerprint density at radius 3 is 1.68 bits per heavy atom. The van der Waals surface area contributed by atoms with Crippen LogP contribution in [0.25, 0.3) is 0 Å². The Kier molecular flexibility index (Phi) is 15.7. The molecule has 122 valence electrons. The molecule has 0 amide bonds. The van der Waals surface area contributed by atoms with Gasteiger partial charge in [-0.05, 0) is 12.1 Å². The lowest BCUT2D eigenvalue weighted by atomic mass is 9.92. The summed E-state index contributed by atoms with van der Waals surface area (Å²) in [6.45, 7) is 7.59. The molecule has 1 heterocycles. The molecule has 0 spiro atoms. The molecule has 0 aliphatic rings. The molecule has 0 radical (unpaired) electrons. The Balaban J connectivity index is 0. The van der Waals surface area contributed by atoms with Crippen LogP contribution in [-0.4, -0.2) is 32.4 Å². The van der Waals surface area contributed by atoms with Gasteiger partial charge in [0.2, 0.25) is 0 Å². The van der Waals surface area contributed by atoms with Crippen molar-refractivity contribution in [1.82, 2.24) is 4.98 Å². The van der Waals surface area contributed by atoms with Crippen LogP contribution in [0.3, 0.4) is 0 Å². The first kappa shape index (κ1) is 22.3. The van der Waals surface area contributed by atoms with Crippen LogP contribution in [0.1, 0.15) is 39.3 Å². The number of nitrogens with zero attached hydrogens (tertiary/aromatic N) is 3. The molecule has 0 aliphatic carbocycles. The van der Waals surface area contributed by atoms with Gasteiger partial charge in [0.25, 0.3) is 0 Å². The highest BCUT2D eigenvalue weighted by Gasteiger charge is 2.13. The normalized spacial score (nSPS) is 9.23. The van der Waals surface area contributed by atoms with Crippen molar-refractivity contribution in [1.29, 1.82) is 10.5 Å². The number of nitriles is 2. The van der Waals surface area contributed by atoms with Crippen LogP contribution in [0.15, 0.2) is 24.4 Å². The minimum Gasteiger partial charge on any atom is -0.384 e. The first-order valence-corrected chi connectivity index (χ1v) is 7.07. The summed E-state index contributed by atoms with van der Waals surface area (Å²) in [5.74, 6) is 0. The maximum absolute atomic E-state index is 7.87. The molecule has 0 aromatic carbocycles. The van der Waals surface area contributed by atoms with Crippen LogP contribution < -0.4 is 0 Å². The first-order valence-electron chi connectivity index (χ1n) is 7.07. The van der Waals surface area contributed by atoms with Crippen molar-refractivity contribution in [2.24, 2.45) is 0 Å². The van der Waals surface area contributed by atoms with E-state index in [9.17, 15) is 0 Å². The van der Waals surface area contributed by atoms with Crippen LogP contribution in [0.2, 0.25) is 0 Å². The fourth-order valence-electron chi connectivity index (χ4n) is 1.10. The van der Waals surface area contributed by atoms with E-state index < -0.39 is 0 Å². The summed E-state index contributed by atoms with van der Waals surface area (Å²) < 4.78 is 9.12. The van der Waals surface area contributed by atoms with E-state index in [4.69, 9.17) is 10.5 Å². The van der Waals surface area contributed by atoms with Gasteiger partial charge in [-0.15, -0.1) is 0 Å². The molecular formula is C17H27N3O2. The summed E-state index contributed by atoms with van der Waals surface area (Å²) >= 11 is 0. The summed E-state index contributed by atoms with van der Waals surface area (Å²) in [6, 6.07) is 9.90. The SMILES string of the molecule is CC(C)(C)c1ccccn1.COCCC#N.COCCC#N. The van der Waals surface area contributed by atoms with Crippen LogP contribution in [0, 0.1) is 22.7 Å². The van der Waals surface area contributed by atoms with Gasteiger partial charge >= 0.3 is 0 Å². The number of methoxy groups -OCH3 is 2. The number of hydrogen-bond acceptors (Lipinski definition) is 5. The summed E-state index contributed by atoms with van der Waals surface area (Å²) in [4.78, 5) is 4.25. The van der Waals surface area contributed by atoms with Crippen LogP contribution in [0.5, 0.6) is 0 Å². The van der Waals surface area contributed by atoms with E-state index in [1.165, 1.54) is 0 Å². The summed E-state index contributed by atoms with van der Waals surface area (Å²) in [5, 5.41) is 15.7. The van der Waals surface area contributed by atoms with Crippen molar-refractivity contribution in [2.75, 3.05) is 27.4 Å². The largest absolute Gasteiger partial charge is 0.384 e. The number of hydrogen-bond donors (Lipinski definition) is 0. The topological polar surface area (TPSA) is 78.9 Å². The molecular weight excluding hydrogens is 278 g/mol. The predicted octanol–water partition coefficient (Wildman–Crippen LogP) is 3.47. The molecule has 0 saturated carbocycles. The molecule has 0 saturated heterocycles. The van der Waals surface area contributed by atoms with Crippen LogP contribution in [0.4, 0.5) is 0 Å². The van der Waals surface area contributed by atoms with Crippen LogP contribution >= 0.6 is 0 Å². The molecule has 0 fully saturated rings. The Hall–Kier alpha value is -1.95. The number of aromatic nitrogens is 1. The van der Waals surface area contributed by atoms with Gasteiger partial charge in [-0.2, -0.15) is 10.5 Å². The molecule has 0 N–H and O–H groups in total. The van der Waals surface area contributed by atoms with Gasteiger partial charge in [-0.25, -0.2) is 0 Å². The van der Waals surface area contributed by atoms with Crippen LogP contribution in [-0.2, 0) is 14.9 Å². The second-order valence-corrected chi connectivity index (χ2v) is 5.27. The summed E-state index contributed by atoms with van der Waals surface area (Å²) in [5.41, 5.74) is 1.33. The van der Waals surface area contributed by atoms with Gasteiger partial charge in [0.15, 0.2) is 0 Å². The molecule has 0 bridgehead atoms. The van der Waals surface area contributed by atoms with E-state index in [0.717, 1.165) is 5.69 Å². The highest BCUT2D eigenvalue weighted by Crippen LogP contribution is 2.18. The average Bonchev–Trinajstić information content (AvgIpc) is 2.52. The minimum atomic E-state index is 0.182. The molecule has 0 atom stereocenters. The van der Waals surface area contributed by atoms with Gasteiger partial charge in [0.05, 0.1) is 38.2 Å². The predicted molar refractivity (Wildman–Crippen MR) is 87.1 cm³/mol. The van der Waals surface area contributed by atoms with E-state index >= 15 is 0 Å². The van der Waals surface area contributed by atoms with Gasteiger partial charge in [0.1, 0.15) is 0 Å². The van der Waals surface area contributed by atoms with Crippen molar-refractivity contribution < 1.29 is 9.47 Å². The highest BCUT2D eigenvalue weighted by molar-refractivity contribution is 5.12. The Morgan fingerprint density at radius 1 is 1.00 bits per heavy atom. The number of ether oxygens (including phenoxy) is 2. The van der Waals surface area contributed by atoms with Gasteiger partial charge in [-0.1, -0.05) is 26.8 Å². The smallest absolute Gasteiger partial charge is 0.0645 e. The molecule has 0 unspecified atom stereocenters. The Bertz CT molecular complexity index is 410. The fourth-order valence-corrected chi connectivity index (χ4v) is 1.10. The molecule has 1 rings (SSSR count). The van der Waals surface area contributed by atoms with Crippen molar-refractivity contribution in [3.05, 3.63) is 30.1 Å². The van der Waals surface area contributed by atoms with Crippen molar-refractivity contribution in [2.45, 2.75) is 39.0 Å². The van der Waals surface area contributed by atoms with E-state index in [1.807, 2.05) is 30.5 Å². The molecule has 0 aliphatic heterocycles. The maximum atomic E-state index is 7.87. The monoisotopic (exact) mass is 305 g/mol. The minimum absolute atomic E-state index is 0.182. The van der Waals surface area contributed by atoms with Gasteiger partial charge < -0.3 is 9.47 Å². The highest BCUT2D eigenvalue weighted by atomic mass is 16.5. The molecule has 1 aromatic heterocycles. The third kappa shape index (κ3) is 16.1. The number of pyridine rings is 1. The zero-order valence-corrected chi connectivity index (χ0v) is 14.3. The fraction of sp³-hybridized carbons (Fsp3) is 0.588. The van der Waals surface area contributed by atoms with E-state index in [-0.39, 0.29) is 5.41 Å². The standard InChI is InChI=1S/C9H13N.2C4H7NO/c1-9(2,3)8-6-4-5-7-10-8;2*1-6-4-2-3-5/h4-7H,1-3H3;2*2,4H2,1H3. The Labute approximate surface area is 134 Å². The lowest BCUT2D eigenvalue weighted by Crippen LogP contribution is -2.12. The zero-order chi connectivity index (χ0) is 17.3. The third-order valence-electron chi connectivity index (χ3n) is 2.27. The quantitative estimate of drug-likeness (QED) is 0.796. The van der Waals surface area contributed by atoms with Gasteiger partial charge in [-0.3, -0.25) is 4.98 Å².